The molecule has 0 radical (unpaired) electrons. The predicted molar refractivity (Wildman–Crippen MR) is 109 cm³/mol. The average Bonchev–Trinajstić information content (AvgIpc) is 3.05. The monoisotopic (exact) mass is 396 g/mol. The van der Waals surface area contributed by atoms with Gasteiger partial charge in [-0.25, -0.2) is 9.79 Å². The number of ether oxygens (including phenoxy) is 2. The molecule has 0 spiro atoms. The number of aromatic nitrogens is 2. The SMILES string of the molecule is C=C1C(=O)N=C(n2nc(C)cc2NC(=O)Nc2cc(OC)cc(OC)c2)N=C1C. The van der Waals surface area contributed by atoms with Gasteiger partial charge >= 0.3 is 6.03 Å². The van der Waals surface area contributed by atoms with Crippen molar-refractivity contribution in [2.75, 3.05) is 24.9 Å². The summed E-state index contributed by atoms with van der Waals surface area (Å²) in [4.78, 5) is 32.6. The van der Waals surface area contributed by atoms with Crippen molar-refractivity contribution in [1.29, 1.82) is 0 Å². The number of benzene rings is 1. The molecular weight excluding hydrogens is 376 g/mol. The number of aryl methyl sites for hydroxylation is 1. The fourth-order valence-corrected chi connectivity index (χ4v) is 2.55. The van der Waals surface area contributed by atoms with Crippen LogP contribution in [0.25, 0.3) is 0 Å². The molecule has 10 nitrogen and oxygen atoms in total. The van der Waals surface area contributed by atoms with Crippen LogP contribution in [-0.2, 0) is 4.79 Å². The topological polar surface area (TPSA) is 119 Å². The smallest absolute Gasteiger partial charge is 0.324 e. The zero-order valence-electron chi connectivity index (χ0n) is 16.4. The van der Waals surface area contributed by atoms with Crippen molar-refractivity contribution >= 4 is 35.1 Å². The summed E-state index contributed by atoms with van der Waals surface area (Å²) in [5, 5.41) is 9.63. The van der Waals surface area contributed by atoms with E-state index < -0.39 is 11.9 Å². The van der Waals surface area contributed by atoms with Crippen LogP contribution in [0.15, 0.2) is 46.4 Å². The van der Waals surface area contributed by atoms with Crippen molar-refractivity contribution in [1.82, 2.24) is 9.78 Å². The minimum atomic E-state index is -0.533. The van der Waals surface area contributed by atoms with Gasteiger partial charge in [0, 0.05) is 30.0 Å². The van der Waals surface area contributed by atoms with E-state index in [1.165, 1.54) is 18.9 Å². The van der Waals surface area contributed by atoms with Gasteiger partial charge in [0.15, 0.2) is 0 Å². The number of nitrogens with one attached hydrogen (secondary N) is 2. The summed E-state index contributed by atoms with van der Waals surface area (Å²) in [7, 11) is 3.03. The first-order valence-electron chi connectivity index (χ1n) is 8.56. The standard InChI is InChI=1S/C19H20N6O4/c1-10-6-16(25(24-10)18-20-12(3)11(2)17(26)23-18)22-19(27)21-13-7-14(28-4)9-15(8-13)29-5/h6-9H,2H2,1,3-5H3,(H2,21,22,27). The lowest BCUT2D eigenvalue weighted by atomic mass is 10.2. The molecule has 0 aliphatic carbocycles. The highest BCUT2D eigenvalue weighted by Gasteiger charge is 2.21. The summed E-state index contributed by atoms with van der Waals surface area (Å²) >= 11 is 0. The number of carbonyl (C=O) groups is 2. The Balaban J connectivity index is 1.83. The molecule has 3 rings (SSSR count). The quantitative estimate of drug-likeness (QED) is 0.770. The minimum absolute atomic E-state index is 0.0475. The van der Waals surface area contributed by atoms with E-state index in [4.69, 9.17) is 9.47 Å². The van der Waals surface area contributed by atoms with E-state index in [9.17, 15) is 9.59 Å². The number of amides is 3. The summed E-state index contributed by atoms with van der Waals surface area (Å²) in [5.74, 6) is 0.901. The molecule has 10 heteroatoms. The number of anilines is 2. The van der Waals surface area contributed by atoms with Crippen molar-refractivity contribution in [3.8, 4) is 11.5 Å². The van der Waals surface area contributed by atoms with Crippen LogP contribution in [0.3, 0.4) is 0 Å². The highest BCUT2D eigenvalue weighted by Crippen LogP contribution is 2.26. The van der Waals surface area contributed by atoms with Crippen molar-refractivity contribution < 1.29 is 19.1 Å². The van der Waals surface area contributed by atoms with Gasteiger partial charge in [0.1, 0.15) is 17.3 Å². The summed E-state index contributed by atoms with van der Waals surface area (Å²) in [6.07, 6.45) is 0. The molecule has 0 atom stereocenters. The second-order valence-corrected chi connectivity index (χ2v) is 6.16. The van der Waals surface area contributed by atoms with E-state index in [1.54, 1.807) is 38.1 Å². The van der Waals surface area contributed by atoms with Crippen LogP contribution < -0.4 is 20.1 Å². The molecular formula is C19H20N6O4. The predicted octanol–water partition coefficient (Wildman–Crippen LogP) is 2.61. The Bertz CT molecular complexity index is 1040. The fourth-order valence-electron chi connectivity index (χ4n) is 2.55. The molecule has 3 amide bonds. The van der Waals surface area contributed by atoms with Gasteiger partial charge in [0.25, 0.3) is 11.9 Å². The van der Waals surface area contributed by atoms with E-state index in [-0.39, 0.29) is 11.5 Å². The fraction of sp³-hybridized carbons (Fsp3) is 0.211. The van der Waals surface area contributed by atoms with Crippen molar-refractivity contribution in [2.24, 2.45) is 9.98 Å². The first-order valence-corrected chi connectivity index (χ1v) is 8.56. The van der Waals surface area contributed by atoms with Gasteiger partial charge in [0.2, 0.25) is 0 Å². The molecule has 1 aromatic carbocycles. The minimum Gasteiger partial charge on any atom is -0.497 e. The molecule has 150 valence electrons. The van der Waals surface area contributed by atoms with Gasteiger partial charge in [-0.3, -0.25) is 10.1 Å². The molecule has 0 saturated heterocycles. The number of hydrogen-bond donors (Lipinski definition) is 2. The Morgan fingerprint density at radius 1 is 1.03 bits per heavy atom. The molecule has 2 N–H and O–H groups in total. The normalized spacial score (nSPS) is 13.5. The number of aliphatic imine (C=N–C) groups is 2. The lowest BCUT2D eigenvalue weighted by Crippen LogP contribution is -2.26. The van der Waals surface area contributed by atoms with Crippen LogP contribution in [0.5, 0.6) is 11.5 Å². The molecule has 0 unspecified atom stereocenters. The van der Waals surface area contributed by atoms with Crippen LogP contribution in [0, 0.1) is 6.92 Å². The van der Waals surface area contributed by atoms with Crippen LogP contribution >= 0.6 is 0 Å². The Hall–Kier alpha value is -3.95. The maximum atomic E-state index is 12.5. The third kappa shape index (κ3) is 4.32. The Morgan fingerprint density at radius 2 is 1.69 bits per heavy atom. The number of carbonyl (C=O) groups excluding carboxylic acids is 2. The van der Waals surface area contributed by atoms with E-state index in [0.717, 1.165) is 0 Å². The van der Waals surface area contributed by atoms with E-state index in [1.807, 2.05) is 0 Å². The van der Waals surface area contributed by atoms with E-state index in [0.29, 0.717) is 34.4 Å². The lowest BCUT2D eigenvalue weighted by Gasteiger charge is -2.13. The summed E-state index contributed by atoms with van der Waals surface area (Å²) in [6, 6.07) is 6.08. The van der Waals surface area contributed by atoms with Gasteiger partial charge in [-0.1, -0.05) is 6.58 Å². The van der Waals surface area contributed by atoms with Crippen molar-refractivity contribution in [3.63, 3.8) is 0 Å². The van der Waals surface area contributed by atoms with Crippen LogP contribution in [0.1, 0.15) is 12.6 Å². The van der Waals surface area contributed by atoms with Gasteiger partial charge in [-0.05, 0) is 13.8 Å². The van der Waals surface area contributed by atoms with E-state index in [2.05, 4.69) is 32.3 Å². The molecule has 1 aliphatic heterocycles. The van der Waals surface area contributed by atoms with Crippen LogP contribution in [-0.4, -0.2) is 47.6 Å². The van der Waals surface area contributed by atoms with Gasteiger partial charge in [-0.2, -0.15) is 14.8 Å². The Kier molecular flexibility index (Phi) is 5.44. The highest BCUT2D eigenvalue weighted by atomic mass is 16.5. The summed E-state index contributed by atoms with van der Waals surface area (Å²) < 4.78 is 11.7. The third-order valence-corrected chi connectivity index (χ3v) is 4.04. The van der Waals surface area contributed by atoms with Crippen molar-refractivity contribution in [3.05, 3.63) is 42.1 Å². The maximum Gasteiger partial charge on any atom is 0.324 e. The van der Waals surface area contributed by atoms with Gasteiger partial charge in [-0.15, -0.1) is 0 Å². The van der Waals surface area contributed by atoms with Crippen LogP contribution in [0.4, 0.5) is 16.3 Å². The second kappa shape index (κ2) is 7.97. The molecule has 1 aromatic heterocycles. The maximum absolute atomic E-state index is 12.5. The summed E-state index contributed by atoms with van der Waals surface area (Å²) in [5.41, 5.74) is 1.73. The summed E-state index contributed by atoms with van der Waals surface area (Å²) in [6.45, 7) is 7.04. The first kappa shape index (κ1) is 19.8. The van der Waals surface area contributed by atoms with Crippen LogP contribution in [0.2, 0.25) is 0 Å². The largest absolute Gasteiger partial charge is 0.497 e. The van der Waals surface area contributed by atoms with Gasteiger partial charge < -0.3 is 14.8 Å². The average molecular weight is 396 g/mol. The number of rotatable bonds is 4. The molecule has 0 fully saturated rings. The zero-order chi connectivity index (χ0) is 21.1. The molecule has 0 bridgehead atoms. The zero-order valence-corrected chi connectivity index (χ0v) is 16.4. The molecule has 2 heterocycles. The number of urea groups is 1. The Morgan fingerprint density at radius 3 is 2.28 bits per heavy atom. The molecule has 2 aromatic rings. The Labute approximate surface area is 166 Å². The second-order valence-electron chi connectivity index (χ2n) is 6.16. The van der Waals surface area contributed by atoms with Gasteiger partial charge in [0.05, 0.1) is 31.2 Å². The lowest BCUT2D eigenvalue weighted by molar-refractivity contribution is -0.113. The number of methoxy groups -OCH3 is 2. The first-order chi connectivity index (χ1) is 13.8. The van der Waals surface area contributed by atoms with Crippen molar-refractivity contribution in [2.45, 2.75) is 13.8 Å². The number of hydrogen-bond acceptors (Lipinski definition) is 6. The highest BCUT2D eigenvalue weighted by molar-refractivity contribution is 6.27. The molecule has 29 heavy (non-hydrogen) atoms. The number of nitrogens with zero attached hydrogens (tertiary/aromatic N) is 4. The third-order valence-electron chi connectivity index (χ3n) is 4.04. The molecule has 0 saturated carbocycles. The molecule has 1 aliphatic rings. The van der Waals surface area contributed by atoms with E-state index >= 15 is 0 Å².